The van der Waals surface area contributed by atoms with Gasteiger partial charge in [0.25, 0.3) is 16.7 Å². The lowest BCUT2D eigenvalue weighted by atomic mass is 9.85. The Balaban J connectivity index is 0.691. The number of halogens is 5. The van der Waals surface area contributed by atoms with Gasteiger partial charge in [0, 0.05) is 165 Å². The number of amides is 3. The zero-order valence-corrected chi connectivity index (χ0v) is 53.5. The first-order valence-electron chi connectivity index (χ1n) is 32.6. The molecule has 6 aliphatic heterocycles. The Bertz CT molecular complexity index is 4300. The molecule has 9 aliphatic rings. The van der Waals surface area contributed by atoms with Crippen LogP contribution in [0.2, 0.25) is 0 Å². The van der Waals surface area contributed by atoms with Gasteiger partial charge in [0.05, 0.1) is 37.1 Å². The summed E-state index contributed by atoms with van der Waals surface area (Å²) >= 11 is 1.10. The van der Waals surface area contributed by atoms with Crippen molar-refractivity contribution in [3.05, 3.63) is 157 Å². The standard InChI is InChI=1S/C69H75F5N10O7S/c1-35-36(2)67(90)84(57-34-78(29-50(35)57)61(87)21-44-28-83(39(44)5)46-11-15-49(42-7-8-42)54(71)22-46)62-38(4)66(89)82(56-33-80(31-52(56)62)60(86)19-40-24-77(25-40)45-12-16-53(70)58(23-45)91-47-13-14-47)18-17-48-37(3)65(88)76(6)55-32-79(30-51(48)55)59(85)20-41-26-81(27-41)68-75-64(69(72,73)74)63(92-68)43-9-10-43/h11-12,15-16,22-23,39-44,47H,7-10,13-14,17-21,24-34H2,1-6H3. The lowest BCUT2D eigenvalue weighted by Crippen LogP contribution is -2.56. The Labute approximate surface area is 533 Å². The van der Waals surface area contributed by atoms with Crippen molar-refractivity contribution in [2.75, 3.05) is 47.4 Å². The average molecular weight is 1280 g/mol. The lowest BCUT2D eigenvalue weighted by Gasteiger charge is -2.48. The molecule has 2 atom stereocenters. The number of benzene rings is 2. The van der Waals surface area contributed by atoms with E-state index in [4.69, 9.17) is 4.74 Å². The highest BCUT2D eigenvalue weighted by molar-refractivity contribution is 7.15. The third-order valence-corrected chi connectivity index (χ3v) is 22.9. The zero-order chi connectivity index (χ0) is 64.2. The number of alkyl halides is 3. The molecule has 3 aliphatic carbocycles. The van der Waals surface area contributed by atoms with Crippen LogP contribution >= 0.6 is 11.3 Å². The predicted octanol–water partition coefficient (Wildman–Crippen LogP) is 9.72. The molecule has 17 nitrogen and oxygen atoms in total. The molecule has 92 heavy (non-hydrogen) atoms. The van der Waals surface area contributed by atoms with Crippen molar-refractivity contribution in [3.8, 4) is 11.4 Å². The summed E-state index contributed by atoms with van der Waals surface area (Å²) in [7, 11) is 1.69. The zero-order valence-electron chi connectivity index (χ0n) is 52.7. The maximum Gasteiger partial charge on any atom is 0.434 e. The Hall–Kier alpha value is -7.82. The van der Waals surface area contributed by atoms with E-state index in [-0.39, 0.29) is 164 Å². The predicted molar refractivity (Wildman–Crippen MR) is 336 cm³/mol. The summed E-state index contributed by atoms with van der Waals surface area (Å²) in [5, 5.41) is 0.329. The van der Waals surface area contributed by atoms with E-state index < -0.39 is 17.7 Å². The monoisotopic (exact) mass is 1280 g/mol. The number of fused-ring (bicyclic) bond motifs is 3. The maximum atomic E-state index is 15.4. The van der Waals surface area contributed by atoms with Gasteiger partial charge in [0.1, 0.15) is 5.82 Å². The van der Waals surface area contributed by atoms with Crippen molar-refractivity contribution < 1.29 is 41.1 Å². The number of rotatable bonds is 17. The SMILES string of the molecule is Cc1c2c(n(-c3c4c(n(CCc5c6c(n(C)c(=O)c5C)CN(C(=O)CC5CN(c7nc(C(F)(F)F)c(C8CC8)s7)C5)C6)c(=O)c3C)CN(C(=O)CC3CN(c5ccc(F)c(OC6CC6)c5)C3)C4)c(=O)c1C)CN(C(=O)CC1CN(c3ccc(C4CC4)c(F)c3)C1C)C2. The molecule has 6 fully saturated rings. The number of ether oxygens (including phenoxy) is 1. The van der Waals surface area contributed by atoms with Crippen LogP contribution in [0.15, 0.2) is 50.8 Å². The van der Waals surface area contributed by atoms with Crippen molar-refractivity contribution in [3.63, 3.8) is 0 Å². The second kappa shape index (κ2) is 22.5. The molecule has 3 saturated carbocycles. The average Bonchev–Trinajstić information content (AvgIpc) is 1.52. The van der Waals surface area contributed by atoms with Gasteiger partial charge in [-0.25, -0.2) is 13.8 Å². The summed E-state index contributed by atoms with van der Waals surface area (Å²) in [6.07, 6.45) is 1.59. The summed E-state index contributed by atoms with van der Waals surface area (Å²) in [4.78, 5) is 104. The number of nitrogens with zero attached hydrogens (tertiary/aromatic N) is 10. The number of pyridine rings is 3. The highest BCUT2D eigenvalue weighted by atomic mass is 32.1. The first-order chi connectivity index (χ1) is 44.0. The molecule has 0 bridgehead atoms. The quantitative estimate of drug-likeness (QED) is 0.0801. The molecule has 23 heteroatoms. The van der Waals surface area contributed by atoms with Gasteiger partial charge in [-0.05, 0) is 143 Å². The molecule has 0 spiro atoms. The number of carbonyl (C=O) groups is 3. The van der Waals surface area contributed by atoms with Crippen molar-refractivity contribution in [2.45, 2.75) is 175 Å². The first-order valence-corrected chi connectivity index (χ1v) is 33.4. The van der Waals surface area contributed by atoms with Crippen LogP contribution in [0.3, 0.4) is 0 Å². The van der Waals surface area contributed by atoms with E-state index in [1.165, 1.54) is 6.07 Å². The van der Waals surface area contributed by atoms with Crippen molar-refractivity contribution in [2.24, 2.45) is 24.8 Å². The Morgan fingerprint density at radius 3 is 1.89 bits per heavy atom. The van der Waals surface area contributed by atoms with Crippen LogP contribution in [0.1, 0.15) is 154 Å². The van der Waals surface area contributed by atoms with Crippen molar-refractivity contribution >= 4 is 45.6 Å². The van der Waals surface area contributed by atoms with Crippen LogP contribution in [0, 0.1) is 57.1 Å². The third-order valence-electron chi connectivity index (χ3n) is 21.6. The van der Waals surface area contributed by atoms with Crippen molar-refractivity contribution in [1.29, 1.82) is 0 Å². The van der Waals surface area contributed by atoms with E-state index in [2.05, 4.69) is 21.7 Å². The number of anilines is 3. The molecule has 2 unspecified atom stereocenters. The molecule has 3 saturated heterocycles. The largest absolute Gasteiger partial charge is 0.487 e. The van der Waals surface area contributed by atoms with Gasteiger partial charge in [-0.15, -0.1) is 11.3 Å². The van der Waals surface area contributed by atoms with E-state index >= 15 is 14.0 Å². The highest BCUT2D eigenvalue weighted by Gasteiger charge is 2.46. The highest BCUT2D eigenvalue weighted by Crippen LogP contribution is 2.51. The molecule has 15 rings (SSSR count). The van der Waals surface area contributed by atoms with E-state index in [0.717, 1.165) is 83.5 Å². The fraction of sp³-hybridized carbons (Fsp3) is 0.522. The second-order valence-corrected chi connectivity index (χ2v) is 28.8. The fourth-order valence-corrected chi connectivity index (χ4v) is 16.6. The molecule has 3 amide bonds. The third kappa shape index (κ3) is 10.6. The van der Waals surface area contributed by atoms with Gasteiger partial charge in [0.15, 0.2) is 22.4 Å². The topological polar surface area (TPSA) is 159 Å². The van der Waals surface area contributed by atoms with Gasteiger partial charge in [-0.3, -0.25) is 33.3 Å². The van der Waals surface area contributed by atoms with Crippen LogP contribution < -0.4 is 36.1 Å². The first kappa shape index (κ1) is 60.4. The Kier molecular flexibility index (Phi) is 14.7. The molecular formula is C69H75F5N10O7S. The molecule has 484 valence electrons. The van der Waals surface area contributed by atoms with Gasteiger partial charge in [0.2, 0.25) is 17.7 Å². The molecule has 0 radical (unpaired) electrons. The van der Waals surface area contributed by atoms with Crippen LogP contribution in [0.25, 0.3) is 5.69 Å². The van der Waals surface area contributed by atoms with Crippen molar-refractivity contribution in [1.82, 2.24) is 33.4 Å². The van der Waals surface area contributed by atoms with Gasteiger partial charge in [-0.2, -0.15) is 13.2 Å². The molecule has 6 aromatic rings. The summed E-state index contributed by atoms with van der Waals surface area (Å²) in [5.74, 6) is -0.640. The number of thiazole rings is 1. The van der Waals surface area contributed by atoms with E-state index in [0.29, 0.717) is 88.8 Å². The summed E-state index contributed by atoms with van der Waals surface area (Å²) in [6, 6.07) is 10.3. The summed E-state index contributed by atoms with van der Waals surface area (Å²) in [5.41, 5.74) is 7.89. The number of carbonyl (C=O) groups excluding carboxylic acids is 3. The minimum absolute atomic E-state index is 0.00848. The van der Waals surface area contributed by atoms with E-state index in [1.54, 1.807) is 74.4 Å². The molecule has 0 N–H and O–H groups in total. The molecule has 4 aromatic heterocycles. The smallest absolute Gasteiger partial charge is 0.434 e. The van der Waals surface area contributed by atoms with Crippen LogP contribution in [0.4, 0.5) is 38.5 Å². The number of aromatic nitrogens is 4. The van der Waals surface area contributed by atoms with Crippen LogP contribution in [-0.4, -0.2) is 96.0 Å². The summed E-state index contributed by atoms with van der Waals surface area (Å²) in [6.45, 7) is 12.7. The van der Waals surface area contributed by atoms with Crippen LogP contribution in [-0.2, 0) is 79.8 Å². The normalized spacial score (nSPS) is 20.4. The van der Waals surface area contributed by atoms with E-state index in [9.17, 15) is 36.7 Å². The number of hydrogen-bond acceptors (Lipinski definition) is 12. The second-order valence-electron chi connectivity index (χ2n) is 27.8. The minimum Gasteiger partial charge on any atom is -0.487 e. The molecule has 2 aromatic carbocycles. The van der Waals surface area contributed by atoms with E-state index in [1.807, 2.05) is 24.0 Å². The van der Waals surface area contributed by atoms with Gasteiger partial charge in [-0.1, -0.05) is 6.07 Å². The minimum atomic E-state index is -4.53. The fourth-order valence-electron chi connectivity index (χ4n) is 15.3. The lowest BCUT2D eigenvalue weighted by molar-refractivity contribution is -0.141. The molecule has 10 heterocycles. The van der Waals surface area contributed by atoms with Gasteiger partial charge >= 0.3 is 6.18 Å². The van der Waals surface area contributed by atoms with Crippen LogP contribution in [0.5, 0.6) is 5.75 Å². The maximum absolute atomic E-state index is 15.4. The summed E-state index contributed by atoms with van der Waals surface area (Å²) < 4.78 is 82.4. The Morgan fingerprint density at radius 2 is 1.25 bits per heavy atom. The number of hydrogen-bond donors (Lipinski definition) is 0. The Morgan fingerprint density at radius 1 is 0.630 bits per heavy atom. The molecular weight excluding hydrogens is 1210 g/mol. The van der Waals surface area contributed by atoms with Gasteiger partial charge < -0.3 is 43.3 Å².